The average Bonchev–Trinajstić information content (AvgIpc) is 3.70. The van der Waals surface area contributed by atoms with E-state index < -0.39 is 48.8 Å². The summed E-state index contributed by atoms with van der Waals surface area (Å²) in [4.78, 5) is 27.4. The van der Waals surface area contributed by atoms with Gasteiger partial charge in [-0.3, -0.25) is 4.79 Å². The van der Waals surface area contributed by atoms with Gasteiger partial charge >= 0.3 is 0 Å². The van der Waals surface area contributed by atoms with E-state index in [-0.39, 0.29) is 24.1 Å². The van der Waals surface area contributed by atoms with Crippen LogP contribution in [0.5, 0.6) is 0 Å². The van der Waals surface area contributed by atoms with Gasteiger partial charge in [-0.05, 0) is 30.9 Å². The number of ether oxygens (including phenoxy) is 1. The van der Waals surface area contributed by atoms with Crippen LogP contribution in [0.15, 0.2) is 67.0 Å². The first-order chi connectivity index (χ1) is 21.8. The molecule has 14 nitrogen and oxygen atoms in total. The zero-order valence-electron chi connectivity index (χ0n) is 24.6. The molecule has 3 unspecified atom stereocenters. The third-order valence-corrected chi connectivity index (χ3v) is 8.45. The first-order valence-electron chi connectivity index (χ1n) is 15.0. The van der Waals surface area contributed by atoms with Crippen molar-refractivity contribution in [3.05, 3.63) is 78.1 Å². The van der Waals surface area contributed by atoms with Gasteiger partial charge in [0, 0.05) is 19.0 Å². The molecule has 2 aromatic heterocycles. The second-order valence-corrected chi connectivity index (χ2v) is 11.3. The van der Waals surface area contributed by atoms with E-state index in [1.807, 2.05) is 36.4 Å². The van der Waals surface area contributed by atoms with Gasteiger partial charge in [0.1, 0.15) is 18.5 Å². The van der Waals surface area contributed by atoms with Crippen LogP contribution < -0.4 is 15.6 Å². The lowest BCUT2D eigenvalue weighted by Gasteiger charge is -2.26. The number of rotatable bonds is 10. The lowest BCUT2D eigenvalue weighted by Crippen LogP contribution is -2.50. The summed E-state index contributed by atoms with van der Waals surface area (Å²) in [6.07, 6.45) is -6.08. The summed E-state index contributed by atoms with van der Waals surface area (Å²) in [7, 11) is 0. The highest BCUT2D eigenvalue weighted by Crippen LogP contribution is 2.29. The number of fused-ring (bicyclic) bond motifs is 1. The highest BCUT2D eigenvalue weighted by molar-refractivity contribution is 5.93. The number of aromatic nitrogens is 4. The molecule has 2 aliphatic rings. The molecule has 238 valence electrons. The van der Waals surface area contributed by atoms with Crippen LogP contribution in [0.3, 0.4) is 0 Å². The van der Waals surface area contributed by atoms with Crippen LogP contribution in [-0.2, 0) is 9.53 Å². The Balaban J connectivity index is 1.37. The molecule has 0 spiro atoms. The topological polar surface area (TPSA) is 198 Å². The van der Waals surface area contributed by atoms with Gasteiger partial charge in [0.25, 0.3) is 5.91 Å². The molecule has 7 atom stereocenters. The zero-order chi connectivity index (χ0) is 31.7. The number of nitrogens with zero attached hydrogens (tertiary/aromatic N) is 5. The van der Waals surface area contributed by atoms with Crippen LogP contribution >= 0.6 is 0 Å². The molecule has 1 amide bonds. The largest absolute Gasteiger partial charge is 0.390 e. The maximum atomic E-state index is 13.5. The zero-order valence-corrected chi connectivity index (χ0v) is 24.6. The summed E-state index contributed by atoms with van der Waals surface area (Å²) in [6.45, 7) is 2.25. The monoisotopic (exact) mass is 619 g/mol. The average molecular weight is 620 g/mol. The minimum Gasteiger partial charge on any atom is -0.390 e. The Morgan fingerprint density at radius 2 is 1.62 bits per heavy atom. The minimum atomic E-state index is -1.71. The van der Waals surface area contributed by atoms with E-state index >= 15 is 0 Å². The number of hydrogen-bond donors (Lipinski definition) is 7. The van der Waals surface area contributed by atoms with Crippen molar-refractivity contribution in [2.24, 2.45) is 0 Å². The van der Waals surface area contributed by atoms with E-state index in [0.717, 1.165) is 11.1 Å². The highest BCUT2D eigenvalue weighted by atomic mass is 16.6. The van der Waals surface area contributed by atoms with Crippen LogP contribution in [0.2, 0.25) is 0 Å². The number of amides is 1. The van der Waals surface area contributed by atoms with Gasteiger partial charge in [0.05, 0.1) is 18.2 Å². The second kappa shape index (κ2) is 13.0. The van der Waals surface area contributed by atoms with Crippen molar-refractivity contribution >= 4 is 28.8 Å². The fourth-order valence-corrected chi connectivity index (χ4v) is 5.96. The number of aliphatic hydroxyl groups is 5. The SMILES string of the molecule is CCN(C(=O)[C@H]1O[C@@H](O)[C@H](O)[C@@H]1O)n1cnc2c(NCC(c3ccccc3)c3ccccc3)nc(NC3CCC(O)C3O)nc21. The Bertz CT molecular complexity index is 1570. The summed E-state index contributed by atoms with van der Waals surface area (Å²) in [5.74, 6) is -0.245. The summed E-state index contributed by atoms with van der Waals surface area (Å²) in [5, 5.41) is 58.6. The maximum absolute atomic E-state index is 13.5. The van der Waals surface area contributed by atoms with Crippen molar-refractivity contribution < 1.29 is 35.1 Å². The molecule has 1 saturated carbocycles. The number of benzene rings is 2. The molecular weight excluding hydrogens is 582 g/mol. The number of imidazole rings is 1. The van der Waals surface area contributed by atoms with Crippen molar-refractivity contribution in [3.8, 4) is 0 Å². The van der Waals surface area contributed by atoms with E-state index in [0.29, 0.717) is 30.7 Å². The van der Waals surface area contributed by atoms with Crippen LogP contribution in [0.1, 0.15) is 36.8 Å². The number of carbonyl (C=O) groups excluding carboxylic acids is 1. The van der Waals surface area contributed by atoms with Gasteiger partial charge in [0.2, 0.25) is 5.95 Å². The molecule has 4 aromatic rings. The van der Waals surface area contributed by atoms with Gasteiger partial charge in [-0.2, -0.15) is 9.97 Å². The smallest absolute Gasteiger partial charge is 0.273 e. The first-order valence-corrected chi connectivity index (χ1v) is 15.0. The molecule has 1 saturated heterocycles. The van der Waals surface area contributed by atoms with Crippen LogP contribution in [0, 0.1) is 0 Å². The van der Waals surface area contributed by atoms with Gasteiger partial charge in [0.15, 0.2) is 29.4 Å². The first kappa shape index (κ1) is 30.8. The predicted octanol–water partition coefficient (Wildman–Crippen LogP) is 0.290. The van der Waals surface area contributed by atoms with E-state index in [1.54, 1.807) is 6.92 Å². The van der Waals surface area contributed by atoms with Crippen molar-refractivity contribution in [1.82, 2.24) is 19.6 Å². The fraction of sp³-hybridized carbons (Fsp3) is 0.419. The summed E-state index contributed by atoms with van der Waals surface area (Å²) >= 11 is 0. The van der Waals surface area contributed by atoms with Gasteiger partial charge in [-0.1, -0.05) is 60.7 Å². The molecule has 2 fully saturated rings. The van der Waals surface area contributed by atoms with E-state index in [9.17, 15) is 30.3 Å². The standard InChI is InChI=1S/C31H37N7O7/c1-2-37(29(43)26-24(41)25(42)30(44)45-26)38-16-33-22-27(35-31(36-28(22)38)34-20-13-14-21(39)23(20)40)32-15-19(17-9-5-3-6-10-17)18-11-7-4-8-12-18/h3-12,16,19-21,23-26,30,39-42,44H,2,13-15H2,1H3,(H2,32,34,35,36)/t20?,21?,23?,24-,25+,26-,30+/m0/s1. The Labute approximate surface area is 258 Å². The third-order valence-electron chi connectivity index (χ3n) is 8.45. The number of likely N-dealkylation sites (N-methyl/N-ethyl adjacent to an activating group) is 1. The molecule has 1 aliphatic carbocycles. The van der Waals surface area contributed by atoms with Crippen LogP contribution in [0.4, 0.5) is 11.8 Å². The highest BCUT2D eigenvalue weighted by Gasteiger charge is 2.47. The molecule has 0 bridgehead atoms. The van der Waals surface area contributed by atoms with Crippen LogP contribution in [-0.4, -0.2) is 107 Å². The summed E-state index contributed by atoms with van der Waals surface area (Å²) in [5.41, 5.74) is 2.78. The normalized spacial score (nSPS) is 26.4. The predicted molar refractivity (Wildman–Crippen MR) is 164 cm³/mol. The summed E-state index contributed by atoms with van der Waals surface area (Å²) < 4.78 is 6.57. The Hall–Kier alpha value is -4.18. The van der Waals surface area contributed by atoms with Crippen molar-refractivity contribution in [2.45, 2.75) is 68.5 Å². The maximum Gasteiger partial charge on any atom is 0.273 e. The number of hydrogen-bond acceptors (Lipinski definition) is 12. The lowest BCUT2D eigenvalue weighted by atomic mass is 9.91. The number of nitrogens with one attached hydrogen (secondary N) is 2. The van der Waals surface area contributed by atoms with E-state index in [4.69, 9.17) is 9.72 Å². The molecule has 3 heterocycles. The Kier molecular flexibility index (Phi) is 8.94. The minimum absolute atomic E-state index is 0.0460. The molecular formula is C31H37N7O7. The second-order valence-electron chi connectivity index (χ2n) is 11.3. The molecule has 14 heteroatoms. The van der Waals surface area contributed by atoms with E-state index in [2.05, 4.69) is 44.9 Å². The molecule has 6 rings (SSSR count). The lowest BCUT2D eigenvalue weighted by molar-refractivity contribution is -0.150. The number of anilines is 2. The van der Waals surface area contributed by atoms with Crippen LogP contribution in [0.25, 0.3) is 11.2 Å². The van der Waals surface area contributed by atoms with Crippen molar-refractivity contribution in [1.29, 1.82) is 0 Å². The quantitative estimate of drug-likeness (QED) is 0.128. The van der Waals surface area contributed by atoms with Gasteiger partial charge in [-0.25, -0.2) is 14.7 Å². The fourth-order valence-electron chi connectivity index (χ4n) is 5.96. The molecule has 0 radical (unpaired) electrons. The molecule has 1 aliphatic heterocycles. The summed E-state index contributed by atoms with van der Waals surface area (Å²) in [6, 6.07) is 19.6. The molecule has 7 N–H and O–H groups in total. The Morgan fingerprint density at radius 1 is 0.956 bits per heavy atom. The molecule has 45 heavy (non-hydrogen) atoms. The van der Waals surface area contributed by atoms with E-state index in [1.165, 1.54) is 16.0 Å². The van der Waals surface area contributed by atoms with Gasteiger partial charge in [-0.15, -0.1) is 0 Å². The van der Waals surface area contributed by atoms with Gasteiger partial charge < -0.3 is 40.9 Å². The van der Waals surface area contributed by atoms with Crippen molar-refractivity contribution in [2.75, 3.05) is 28.7 Å². The third kappa shape index (κ3) is 6.08. The molecule has 2 aromatic carbocycles. The Morgan fingerprint density at radius 3 is 2.18 bits per heavy atom. The number of aliphatic hydroxyl groups excluding tert-OH is 5. The van der Waals surface area contributed by atoms with Crippen molar-refractivity contribution in [3.63, 3.8) is 0 Å². The number of carbonyl (C=O) groups is 1.